The van der Waals surface area contributed by atoms with Gasteiger partial charge in [0.25, 0.3) is 0 Å². The van der Waals surface area contributed by atoms with Crippen LogP contribution in [0.1, 0.15) is 12.5 Å². The molecule has 0 aliphatic rings. The molecule has 0 heterocycles. The number of hydrogen-bond donors (Lipinski definition) is 1. The van der Waals surface area contributed by atoms with E-state index in [-0.39, 0.29) is 11.5 Å². The van der Waals surface area contributed by atoms with E-state index in [1.165, 1.54) is 0 Å². The highest BCUT2D eigenvalue weighted by Gasteiger charge is 2.16. The van der Waals surface area contributed by atoms with Crippen LogP contribution in [0.25, 0.3) is 10.7 Å². The third kappa shape index (κ3) is 2.88. The zero-order valence-corrected chi connectivity index (χ0v) is 9.87. The quantitative estimate of drug-likeness (QED) is 0.369. The highest BCUT2D eigenvalue weighted by atomic mass is 32.2. The summed E-state index contributed by atoms with van der Waals surface area (Å²) in [6, 6.07) is 7.42. The number of benzene rings is 1. The lowest BCUT2D eigenvalue weighted by Gasteiger charge is -2.05. The van der Waals surface area contributed by atoms with Crippen LogP contribution in [0.5, 0.6) is 0 Å². The second-order valence-corrected chi connectivity index (χ2v) is 4.19. The maximum atomic E-state index is 9.86. The van der Waals surface area contributed by atoms with Crippen LogP contribution in [-0.2, 0) is 0 Å². The summed E-state index contributed by atoms with van der Waals surface area (Å²) in [4.78, 5) is 3.92. The summed E-state index contributed by atoms with van der Waals surface area (Å²) >= 11 is 1.57. The molecule has 3 nitrogen and oxygen atoms in total. The number of thioether (sulfide) groups is 1. The van der Waals surface area contributed by atoms with E-state index in [0.717, 1.165) is 10.6 Å². The molecule has 4 heteroatoms. The molecule has 0 aliphatic carbocycles. The average molecular weight is 233 g/mol. The standard InChI is InChI=1S/C12H12N2OS/c1-3-8-16-11-7-5-4-6-10(11)12(15)9(2)14-13/h3-7H,1,8H2,2H3/p+1/b12-9+. The lowest BCUT2D eigenvalue weighted by atomic mass is 10.1. The van der Waals surface area contributed by atoms with Gasteiger partial charge in [-0.25, -0.2) is 0 Å². The Hall–Kier alpha value is -1.73. The molecule has 0 amide bonds. The number of aliphatic hydroxyl groups is 1. The van der Waals surface area contributed by atoms with E-state index in [0.29, 0.717) is 5.56 Å². The highest BCUT2D eigenvalue weighted by molar-refractivity contribution is 7.99. The van der Waals surface area contributed by atoms with Crippen molar-refractivity contribution in [3.8, 4) is 0 Å². The van der Waals surface area contributed by atoms with Gasteiger partial charge in [0, 0.05) is 23.1 Å². The van der Waals surface area contributed by atoms with Gasteiger partial charge in [-0.05, 0) is 12.1 Å². The Kier molecular flexibility index (Phi) is 4.62. The van der Waals surface area contributed by atoms with E-state index >= 15 is 0 Å². The Labute approximate surface area is 99.1 Å². The molecule has 1 N–H and O–H groups in total. The van der Waals surface area contributed by atoms with Crippen LogP contribution in [0.15, 0.2) is 47.5 Å². The van der Waals surface area contributed by atoms with Gasteiger partial charge in [-0.3, -0.25) is 0 Å². The number of nitrogens with zero attached hydrogens (tertiary/aromatic N) is 2. The zero-order valence-electron chi connectivity index (χ0n) is 9.05. The number of aliphatic hydroxyl groups excluding tert-OH is 1. The van der Waals surface area contributed by atoms with E-state index in [2.05, 4.69) is 11.6 Å². The maximum absolute atomic E-state index is 9.86. The van der Waals surface area contributed by atoms with Crippen molar-refractivity contribution in [2.45, 2.75) is 11.8 Å². The molecular weight excluding hydrogens is 220 g/mol. The van der Waals surface area contributed by atoms with Crippen molar-refractivity contribution in [3.05, 3.63) is 53.2 Å². The lowest BCUT2D eigenvalue weighted by molar-refractivity contribution is 0.506. The van der Waals surface area contributed by atoms with Crippen LogP contribution in [0.3, 0.4) is 0 Å². The molecule has 0 fully saturated rings. The Morgan fingerprint density at radius 2 is 2.25 bits per heavy atom. The van der Waals surface area contributed by atoms with Gasteiger partial charge in [0.05, 0.1) is 0 Å². The SMILES string of the molecule is C=CCSc1ccccc1/C(O)=C(/C)[N+]#N. The minimum Gasteiger partial charge on any atom is -0.501 e. The first-order valence-electron chi connectivity index (χ1n) is 4.78. The summed E-state index contributed by atoms with van der Waals surface area (Å²) in [7, 11) is 0. The van der Waals surface area contributed by atoms with Gasteiger partial charge in [0.1, 0.15) is 0 Å². The van der Waals surface area contributed by atoms with Gasteiger partial charge in [0.15, 0.2) is 4.98 Å². The van der Waals surface area contributed by atoms with Crippen molar-refractivity contribution < 1.29 is 5.11 Å². The molecule has 0 aromatic heterocycles. The Morgan fingerprint density at radius 1 is 1.56 bits per heavy atom. The van der Waals surface area contributed by atoms with Gasteiger partial charge >= 0.3 is 5.70 Å². The molecule has 1 aromatic rings. The van der Waals surface area contributed by atoms with Crippen molar-refractivity contribution in [1.29, 1.82) is 5.39 Å². The smallest absolute Gasteiger partial charge is 0.400 e. The molecule has 0 spiro atoms. The Bertz CT molecular complexity index is 460. The van der Waals surface area contributed by atoms with Gasteiger partial charge in [-0.15, -0.1) is 18.3 Å². The molecule has 0 saturated heterocycles. The monoisotopic (exact) mass is 233 g/mol. The van der Waals surface area contributed by atoms with Crippen molar-refractivity contribution in [2.75, 3.05) is 5.75 Å². The second-order valence-electron chi connectivity index (χ2n) is 3.13. The Morgan fingerprint density at radius 3 is 2.88 bits per heavy atom. The summed E-state index contributed by atoms with van der Waals surface area (Å²) in [6.45, 7) is 5.19. The van der Waals surface area contributed by atoms with Crippen LogP contribution in [0.2, 0.25) is 0 Å². The van der Waals surface area contributed by atoms with Crippen LogP contribution in [0.4, 0.5) is 0 Å². The predicted molar refractivity (Wildman–Crippen MR) is 67.7 cm³/mol. The van der Waals surface area contributed by atoms with Gasteiger partial charge < -0.3 is 5.11 Å². The minimum absolute atomic E-state index is 0.00494. The van der Waals surface area contributed by atoms with E-state index in [1.807, 2.05) is 18.2 Å². The number of hydrogen-bond acceptors (Lipinski definition) is 3. The molecule has 16 heavy (non-hydrogen) atoms. The van der Waals surface area contributed by atoms with E-state index in [4.69, 9.17) is 5.39 Å². The molecule has 0 bridgehead atoms. The molecule has 0 aliphatic heterocycles. The van der Waals surface area contributed by atoms with Gasteiger partial charge in [-0.1, -0.05) is 18.2 Å². The molecule has 0 unspecified atom stereocenters. The normalized spacial score (nSPS) is 11.5. The first-order valence-corrected chi connectivity index (χ1v) is 5.77. The Balaban J connectivity index is 3.14. The first-order chi connectivity index (χ1) is 7.70. The fourth-order valence-electron chi connectivity index (χ4n) is 1.18. The fourth-order valence-corrected chi connectivity index (χ4v) is 1.97. The molecule has 82 valence electrons. The maximum Gasteiger partial charge on any atom is 0.400 e. The van der Waals surface area contributed by atoms with Crippen LogP contribution >= 0.6 is 11.8 Å². The number of rotatable bonds is 4. The van der Waals surface area contributed by atoms with Gasteiger partial charge in [0.2, 0.25) is 11.2 Å². The molecule has 0 radical (unpaired) electrons. The van der Waals surface area contributed by atoms with Gasteiger partial charge in [-0.2, -0.15) is 0 Å². The van der Waals surface area contributed by atoms with Crippen molar-refractivity contribution >= 4 is 17.5 Å². The summed E-state index contributed by atoms with van der Waals surface area (Å²) < 4.78 is 0. The molecule has 0 saturated carbocycles. The van der Waals surface area contributed by atoms with Crippen LogP contribution < -0.4 is 0 Å². The largest absolute Gasteiger partial charge is 0.501 e. The minimum atomic E-state index is -0.00494. The van der Waals surface area contributed by atoms with Crippen molar-refractivity contribution in [3.63, 3.8) is 0 Å². The number of diazo groups is 1. The van der Waals surface area contributed by atoms with E-state index < -0.39 is 0 Å². The number of allylic oxidation sites excluding steroid dienone is 1. The first kappa shape index (κ1) is 12.3. The fraction of sp³-hybridized carbons (Fsp3) is 0.167. The van der Waals surface area contributed by atoms with Crippen LogP contribution in [0, 0.1) is 5.39 Å². The third-order valence-corrected chi connectivity index (χ3v) is 3.06. The van der Waals surface area contributed by atoms with Crippen molar-refractivity contribution in [2.24, 2.45) is 0 Å². The topological polar surface area (TPSA) is 48.4 Å². The average Bonchev–Trinajstić information content (AvgIpc) is 2.34. The van der Waals surface area contributed by atoms with E-state index in [1.54, 1.807) is 30.8 Å². The van der Waals surface area contributed by atoms with Crippen molar-refractivity contribution in [1.82, 2.24) is 0 Å². The molecule has 0 atom stereocenters. The predicted octanol–water partition coefficient (Wildman–Crippen LogP) is 4.06. The molecule has 1 rings (SSSR count). The van der Waals surface area contributed by atoms with Crippen LogP contribution in [-0.4, -0.2) is 10.9 Å². The highest BCUT2D eigenvalue weighted by Crippen LogP contribution is 2.28. The molecule has 1 aromatic carbocycles. The summed E-state index contributed by atoms with van der Waals surface area (Å²) in [6.07, 6.45) is 1.80. The third-order valence-electron chi connectivity index (χ3n) is 1.99. The second kappa shape index (κ2) is 5.99. The summed E-state index contributed by atoms with van der Waals surface area (Å²) in [5, 5.41) is 18.5. The molecular formula is C12H13N2OS+. The lowest BCUT2D eigenvalue weighted by Crippen LogP contribution is -1.89. The zero-order chi connectivity index (χ0) is 12.0. The summed E-state index contributed by atoms with van der Waals surface area (Å²) in [5.41, 5.74) is 0.872. The summed E-state index contributed by atoms with van der Waals surface area (Å²) in [5.74, 6) is 0.759. The van der Waals surface area contributed by atoms with E-state index in [9.17, 15) is 5.11 Å².